The van der Waals surface area contributed by atoms with Gasteiger partial charge >= 0.3 is 37.7 Å². The molecule has 2 rings (SSSR count). The Balaban J connectivity index is 0.000000962. The van der Waals surface area contributed by atoms with Gasteiger partial charge in [0.2, 0.25) is 0 Å². The molecule has 0 aliphatic heterocycles. The minimum Gasteiger partial charge on any atom is -0.872 e. The molecule has 0 unspecified atom stereocenters. The molecule has 0 saturated heterocycles. The number of phenols is 1. The molecule has 0 aromatic heterocycles. The van der Waals surface area contributed by atoms with E-state index < -0.39 is 20.2 Å². The largest absolute Gasteiger partial charge is 2.00 e. The molecule has 0 aliphatic carbocycles. The van der Waals surface area contributed by atoms with Crippen molar-refractivity contribution in [1.82, 2.24) is 0 Å². The molecule has 0 saturated carbocycles. The number of phenolic OH excluding ortho intramolecular Hbond substituents is 1. The summed E-state index contributed by atoms with van der Waals surface area (Å²) < 4.78 is 65.6. The smallest absolute Gasteiger partial charge is 0.872 e. The fourth-order valence-corrected chi connectivity index (χ4v) is 7.77. The number of benzene rings is 2. The normalized spacial score (nSPS) is 11.5. The van der Waals surface area contributed by atoms with E-state index in [-0.39, 0.29) is 59.0 Å². The molecule has 2 aromatic carbocycles. The molecule has 0 fully saturated rings. The SMILES string of the molecule is CCCCCCCCCCCCCCc1cc(O)ccc1S(=O)(=O)O.CCCCCCCCCCCCCCc1cc([O-])ccc1S(=O)(=O)[O-].[Ca+2]. The van der Waals surface area contributed by atoms with Crippen LogP contribution in [0.1, 0.15) is 179 Å². The summed E-state index contributed by atoms with van der Waals surface area (Å²) in [7, 11) is -8.73. The van der Waals surface area contributed by atoms with Crippen molar-refractivity contribution in [3.05, 3.63) is 47.5 Å². The fourth-order valence-electron chi connectivity index (χ4n) is 6.32. The first-order valence-electron chi connectivity index (χ1n) is 19.4. The van der Waals surface area contributed by atoms with Gasteiger partial charge in [-0.05, 0) is 61.1 Å². The number of hydrogen-bond acceptors (Lipinski definition) is 7. The van der Waals surface area contributed by atoms with Crippen molar-refractivity contribution < 1.29 is 36.2 Å². The monoisotopic (exact) mass is 778 g/mol. The molecule has 0 aliphatic rings. The molecule has 0 bridgehead atoms. The summed E-state index contributed by atoms with van der Waals surface area (Å²) in [5, 5.41) is 20.9. The average Bonchev–Trinajstić information content (AvgIpc) is 3.05. The van der Waals surface area contributed by atoms with E-state index in [1.54, 1.807) is 0 Å². The number of aromatic hydroxyl groups is 1. The number of hydrogen-bond donors (Lipinski definition) is 2. The van der Waals surface area contributed by atoms with E-state index in [1.165, 1.54) is 140 Å². The second-order valence-corrected chi connectivity index (χ2v) is 16.5. The molecular weight excluding hydrogens is 713 g/mol. The van der Waals surface area contributed by atoms with Gasteiger partial charge in [0.25, 0.3) is 10.1 Å². The van der Waals surface area contributed by atoms with E-state index in [2.05, 4.69) is 13.8 Å². The Morgan fingerprint density at radius 2 is 0.843 bits per heavy atom. The molecular formula is C40H66CaO8S2. The van der Waals surface area contributed by atoms with Crippen molar-refractivity contribution in [1.29, 1.82) is 0 Å². The molecule has 8 nitrogen and oxygen atoms in total. The van der Waals surface area contributed by atoms with E-state index in [1.807, 2.05) is 0 Å². The van der Waals surface area contributed by atoms with Gasteiger partial charge < -0.3 is 14.8 Å². The Labute approximate surface area is 341 Å². The molecule has 288 valence electrons. The van der Waals surface area contributed by atoms with E-state index in [4.69, 9.17) is 0 Å². The third-order valence-corrected chi connectivity index (χ3v) is 11.1. The number of aryl methyl sites for hydroxylation is 2. The van der Waals surface area contributed by atoms with Gasteiger partial charge in [-0.15, -0.1) is 5.75 Å². The molecule has 0 spiro atoms. The first-order valence-corrected chi connectivity index (χ1v) is 22.3. The summed E-state index contributed by atoms with van der Waals surface area (Å²) in [4.78, 5) is -0.330. The number of rotatable bonds is 28. The van der Waals surface area contributed by atoms with Crippen molar-refractivity contribution in [2.24, 2.45) is 0 Å². The maximum atomic E-state index is 11.4. The standard InChI is InChI=1S/2C20H34O4S.Ca/c2*1-2-3-4-5-6-7-8-9-10-11-12-13-14-18-17-19(21)15-16-20(18)25(22,23)24;/h2*15-17,21H,2-14H2,1H3,(H,22,23,24);/q;;+2/p-2. The first kappa shape index (κ1) is 50.1. The van der Waals surface area contributed by atoms with Crippen molar-refractivity contribution in [3.8, 4) is 11.5 Å². The average molecular weight is 779 g/mol. The third-order valence-electron chi connectivity index (χ3n) is 9.22. The quantitative estimate of drug-likeness (QED) is 0.0491. The van der Waals surface area contributed by atoms with Gasteiger partial charge in [-0.1, -0.05) is 167 Å². The molecule has 11 heteroatoms. The van der Waals surface area contributed by atoms with Crippen LogP contribution in [0, 0.1) is 0 Å². The summed E-state index contributed by atoms with van der Waals surface area (Å²) in [6, 6.07) is 7.54. The van der Waals surface area contributed by atoms with Crippen LogP contribution in [0.15, 0.2) is 46.2 Å². The Kier molecular flexibility index (Phi) is 29.9. The maximum absolute atomic E-state index is 11.4. The van der Waals surface area contributed by atoms with Crippen molar-refractivity contribution >= 4 is 58.0 Å². The van der Waals surface area contributed by atoms with Crippen LogP contribution in [0.2, 0.25) is 0 Å². The maximum Gasteiger partial charge on any atom is 2.00 e. The number of unbranched alkanes of at least 4 members (excludes halogenated alkanes) is 22. The van der Waals surface area contributed by atoms with Crippen molar-refractivity contribution in [3.63, 3.8) is 0 Å². The minimum absolute atomic E-state index is 0. The van der Waals surface area contributed by atoms with E-state index in [0.29, 0.717) is 24.0 Å². The molecule has 2 N–H and O–H groups in total. The van der Waals surface area contributed by atoms with Crippen LogP contribution in [-0.2, 0) is 33.1 Å². The first-order chi connectivity index (χ1) is 23.9. The van der Waals surface area contributed by atoms with Crippen molar-refractivity contribution in [2.75, 3.05) is 0 Å². The van der Waals surface area contributed by atoms with Crippen LogP contribution in [0.4, 0.5) is 0 Å². The molecule has 0 radical (unpaired) electrons. The van der Waals surface area contributed by atoms with Gasteiger partial charge in [0.1, 0.15) is 15.9 Å². The van der Waals surface area contributed by atoms with Gasteiger partial charge in [-0.3, -0.25) is 4.55 Å². The predicted octanol–water partition coefficient (Wildman–Crippen LogP) is 10.4. The molecule has 2 aromatic rings. The van der Waals surface area contributed by atoms with Gasteiger partial charge in [-0.25, -0.2) is 8.42 Å². The van der Waals surface area contributed by atoms with Gasteiger partial charge in [0.05, 0.1) is 9.79 Å². The van der Waals surface area contributed by atoms with Crippen molar-refractivity contribution in [2.45, 2.75) is 191 Å². The topological polar surface area (TPSA) is 155 Å². The van der Waals surface area contributed by atoms with Crippen LogP contribution in [-0.4, -0.2) is 68.8 Å². The molecule has 0 heterocycles. The van der Waals surface area contributed by atoms with Crippen LogP contribution < -0.4 is 5.11 Å². The summed E-state index contributed by atoms with van der Waals surface area (Å²) in [5.41, 5.74) is 0.865. The summed E-state index contributed by atoms with van der Waals surface area (Å²) in [6.07, 6.45) is 30.7. The summed E-state index contributed by atoms with van der Waals surface area (Å²) >= 11 is 0. The zero-order chi connectivity index (χ0) is 37.1. The summed E-state index contributed by atoms with van der Waals surface area (Å²) in [6.45, 7) is 4.47. The van der Waals surface area contributed by atoms with Gasteiger partial charge in [0.15, 0.2) is 0 Å². The molecule has 0 atom stereocenters. The summed E-state index contributed by atoms with van der Waals surface area (Å²) in [5.74, 6) is -0.220. The molecule has 51 heavy (non-hydrogen) atoms. The Morgan fingerprint density at radius 1 is 0.510 bits per heavy atom. The van der Waals surface area contributed by atoms with Gasteiger partial charge in [-0.2, -0.15) is 8.42 Å². The van der Waals surface area contributed by atoms with Crippen LogP contribution in [0.5, 0.6) is 11.5 Å². The zero-order valence-electron chi connectivity index (χ0n) is 31.7. The van der Waals surface area contributed by atoms with E-state index in [0.717, 1.165) is 50.7 Å². The second kappa shape index (κ2) is 30.4. The Bertz CT molecular complexity index is 1280. The Morgan fingerprint density at radius 3 is 1.20 bits per heavy atom. The van der Waals surface area contributed by atoms with Crippen LogP contribution >= 0.6 is 0 Å². The van der Waals surface area contributed by atoms with E-state index in [9.17, 15) is 36.2 Å². The predicted molar refractivity (Wildman–Crippen MR) is 207 cm³/mol. The van der Waals surface area contributed by atoms with Crippen LogP contribution in [0.3, 0.4) is 0 Å². The third kappa shape index (κ3) is 25.7. The van der Waals surface area contributed by atoms with Crippen LogP contribution in [0.25, 0.3) is 0 Å². The second-order valence-electron chi connectivity index (χ2n) is 13.8. The zero-order valence-corrected chi connectivity index (χ0v) is 35.6. The molecule has 0 amide bonds. The van der Waals surface area contributed by atoms with Gasteiger partial charge in [0, 0.05) is 0 Å². The Hall–Kier alpha value is -0.880. The van der Waals surface area contributed by atoms with E-state index >= 15 is 0 Å². The fraction of sp³-hybridized carbons (Fsp3) is 0.700. The minimum atomic E-state index is -4.51.